The number of fused-ring (bicyclic) bond motifs is 2. The van der Waals surface area contributed by atoms with E-state index >= 15 is 0 Å². The summed E-state index contributed by atoms with van der Waals surface area (Å²) < 4.78 is 81.0. The molecule has 0 bridgehead atoms. The van der Waals surface area contributed by atoms with E-state index in [9.17, 15) is 55.1 Å². The van der Waals surface area contributed by atoms with Crippen LogP contribution in [0.3, 0.4) is 0 Å². The molecule has 0 radical (unpaired) electrons. The molecule has 22 nitrogen and oxygen atoms in total. The minimum Gasteiger partial charge on any atom is -0.330 e. The highest BCUT2D eigenvalue weighted by Crippen LogP contribution is 2.29. The number of aliphatic imine (C=N–C) groups is 1. The number of amides is 2. The smallest absolute Gasteiger partial charge is 0.330 e. The van der Waals surface area contributed by atoms with Crippen LogP contribution < -0.4 is 33.1 Å². The normalized spacial score (nSPS) is 12.5. The first kappa shape index (κ1) is 53.2. The van der Waals surface area contributed by atoms with Crippen LogP contribution in [0, 0.1) is 13.1 Å². The second kappa shape index (κ2) is 21.9. The van der Waals surface area contributed by atoms with Gasteiger partial charge in [0.25, 0.3) is 24.5 Å². The van der Waals surface area contributed by atoms with Gasteiger partial charge in [0.15, 0.2) is 0 Å². The number of aryl methyl sites for hydroxylation is 1. The molecule has 0 saturated carbocycles. The average Bonchev–Trinajstić information content (AvgIpc) is 4.05. The molecule has 0 aliphatic carbocycles. The quantitative estimate of drug-likeness (QED) is 0.107. The van der Waals surface area contributed by atoms with E-state index in [0.717, 1.165) is 33.9 Å². The van der Waals surface area contributed by atoms with Gasteiger partial charge in [0.05, 0.1) is 22.5 Å². The molecule has 2 atom stereocenters. The van der Waals surface area contributed by atoms with Crippen molar-refractivity contribution in [2.45, 2.75) is 57.4 Å². The zero-order valence-electron chi connectivity index (χ0n) is 38.1. The van der Waals surface area contributed by atoms with E-state index in [-0.39, 0.29) is 35.1 Å². The van der Waals surface area contributed by atoms with E-state index < -0.39 is 76.4 Å². The second-order valence-electron chi connectivity index (χ2n) is 15.2. The van der Waals surface area contributed by atoms with Gasteiger partial charge in [-0.05, 0) is 44.2 Å². The summed E-state index contributed by atoms with van der Waals surface area (Å²) >= 11 is 5.63. The van der Waals surface area contributed by atoms with Crippen molar-refractivity contribution in [2.24, 2.45) is 19.1 Å². The molecule has 0 saturated heterocycles. The van der Waals surface area contributed by atoms with Gasteiger partial charge in [-0.25, -0.2) is 57.6 Å². The van der Waals surface area contributed by atoms with Gasteiger partial charge in [0.2, 0.25) is 23.5 Å². The van der Waals surface area contributed by atoms with Crippen LogP contribution in [-0.2, 0) is 55.8 Å². The van der Waals surface area contributed by atoms with Gasteiger partial charge >= 0.3 is 23.7 Å². The Bertz CT molecular complexity index is 3610. The first-order chi connectivity index (χ1) is 34.5. The summed E-state index contributed by atoms with van der Waals surface area (Å²) in [4.78, 5) is 105. The number of hydrogen-bond donors (Lipinski definition) is 2. The van der Waals surface area contributed by atoms with E-state index in [0.29, 0.717) is 34.6 Å². The van der Waals surface area contributed by atoms with Crippen molar-refractivity contribution in [2.75, 3.05) is 10.6 Å². The molecule has 0 aromatic carbocycles. The first-order valence-corrected chi connectivity index (χ1v) is 21.2. The monoisotopic (exact) mass is 1030 g/mol. The zero-order valence-corrected chi connectivity index (χ0v) is 38.9. The molecule has 2 N–H and O–H groups in total. The van der Waals surface area contributed by atoms with Crippen molar-refractivity contribution >= 4 is 58.1 Å². The van der Waals surface area contributed by atoms with Crippen LogP contribution in [0.5, 0.6) is 0 Å². The standard InChI is InChI=1S/C22H17F3N8O3.C13H10ClF3N4O.C9H8N4O2/c1-12(32-8-7-15-17(32)19(35)33(11-26-2)21(36)31(15)3)18(34)30-16-6-4-5-14(29-16)13-9-27-20(28-10-13)22(23,24)25;1-7(14)11(22)21-10-4-2-3-9(20-10)8-5-18-12(19-6-8)13(15,16)17;1-10-5-13-8(14)6-3-4-11-7(6)12(2)9(13)15/h4-10,12H,11H2,1,3H3,(H,29,30,34);2-7H,1H3,(H,20,21,22);4H,3,5H2,2H3. The van der Waals surface area contributed by atoms with Crippen molar-refractivity contribution in [1.82, 2.24) is 52.7 Å². The summed E-state index contributed by atoms with van der Waals surface area (Å²) in [5.74, 6) is -2.74. The molecule has 0 spiro atoms. The first-order valence-electron chi connectivity index (χ1n) is 20.8. The fourth-order valence-electron chi connectivity index (χ4n) is 6.65. The van der Waals surface area contributed by atoms with E-state index in [1.807, 2.05) is 0 Å². The molecule has 7 aromatic heterocycles. The van der Waals surface area contributed by atoms with Gasteiger partial charge in [0, 0.05) is 68.8 Å². The van der Waals surface area contributed by atoms with E-state index in [4.69, 9.17) is 24.7 Å². The molecule has 29 heteroatoms. The van der Waals surface area contributed by atoms with E-state index in [1.165, 1.54) is 65.1 Å². The number of halogens is 7. The number of rotatable bonds is 9. The highest BCUT2D eigenvalue weighted by molar-refractivity contribution is 6.32. The number of nitrogens with one attached hydrogen (secondary N) is 2. The Labute approximate surface area is 410 Å². The fraction of sp³-hybridized carbons (Fsp3) is 0.250. The predicted octanol–water partition coefficient (Wildman–Crippen LogP) is 5.25. The summed E-state index contributed by atoms with van der Waals surface area (Å²) in [7, 11) is 3.00. The third kappa shape index (κ3) is 11.9. The topological polar surface area (TPSA) is 250 Å². The molecule has 0 fully saturated rings. The van der Waals surface area contributed by atoms with Crippen LogP contribution >= 0.6 is 11.6 Å². The van der Waals surface area contributed by atoms with E-state index in [2.05, 4.69) is 55.2 Å². The predicted molar refractivity (Wildman–Crippen MR) is 250 cm³/mol. The molecule has 7 aromatic rings. The van der Waals surface area contributed by atoms with Gasteiger partial charge in [-0.1, -0.05) is 12.1 Å². The third-order valence-corrected chi connectivity index (χ3v) is 10.5. The van der Waals surface area contributed by atoms with Gasteiger partial charge in [-0.2, -0.15) is 35.5 Å². The van der Waals surface area contributed by atoms with Gasteiger partial charge < -0.3 is 15.2 Å². The lowest BCUT2D eigenvalue weighted by Crippen LogP contribution is -2.39. The number of nitrogens with zero attached hydrogens (tertiary/aromatic N) is 14. The Kier molecular flexibility index (Phi) is 15.9. The molecule has 2 unspecified atom stereocenters. The molecule has 2 amide bonds. The maximum Gasteiger partial charge on any atom is 0.451 e. The maximum atomic E-state index is 13.0. The fourth-order valence-corrected chi connectivity index (χ4v) is 6.71. The van der Waals surface area contributed by atoms with Crippen molar-refractivity contribution < 1.29 is 35.9 Å². The minimum atomic E-state index is -4.67. The number of anilines is 2. The SMILES string of the molecule is CC(Cl)C(=O)Nc1cccc(-c2cnc(C(F)(F)F)nc2)n1.[C-]#[N+]Cn1c(=O)c2c(ccn2C(C)C(=O)Nc2cccc(-c3cnc(C(F)(F)F)nc3)n2)n(C)c1=O.[C-]#[N+]Cn1c(=O)c2c(n(C)c1=O)N=CC2. The number of hydrogen-bond acceptors (Lipinski definition) is 13. The lowest BCUT2D eigenvalue weighted by atomic mass is 10.2. The number of alkyl halides is 7. The van der Waals surface area contributed by atoms with Gasteiger partial charge in [-0.3, -0.25) is 38.0 Å². The Morgan fingerprint density at radius 2 is 1.18 bits per heavy atom. The maximum absolute atomic E-state index is 13.0. The number of carbonyl (C=O) groups excluding carboxylic acids is 2. The summed E-state index contributed by atoms with van der Waals surface area (Å²) in [6.45, 7) is 16.0. The van der Waals surface area contributed by atoms with Gasteiger partial charge in [-0.15, -0.1) is 11.6 Å². The largest absolute Gasteiger partial charge is 0.451 e. The second-order valence-corrected chi connectivity index (χ2v) is 15.9. The van der Waals surface area contributed by atoms with Crippen molar-refractivity contribution in [1.29, 1.82) is 0 Å². The van der Waals surface area contributed by atoms with Crippen LogP contribution in [0.15, 0.2) is 97.6 Å². The summed E-state index contributed by atoms with van der Waals surface area (Å²) in [6.07, 6.45) is -1.75. The Morgan fingerprint density at radius 1 is 0.712 bits per heavy atom. The van der Waals surface area contributed by atoms with Crippen LogP contribution in [0.4, 0.5) is 43.8 Å². The van der Waals surface area contributed by atoms with E-state index in [1.54, 1.807) is 31.5 Å². The van der Waals surface area contributed by atoms with Crippen molar-refractivity contribution in [3.8, 4) is 22.5 Å². The molecule has 376 valence electrons. The Balaban J connectivity index is 0.000000198. The highest BCUT2D eigenvalue weighted by atomic mass is 35.5. The van der Waals surface area contributed by atoms with Crippen LogP contribution in [0.25, 0.3) is 43.2 Å². The molecule has 8 rings (SSSR count). The Hall–Kier alpha value is -9.18. The van der Waals surface area contributed by atoms with Crippen LogP contribution in [0.1, 0.15) is 37.1 Å². The third-order valence-electron chi connectivity index (χ3n) is 10.3. The molecular formula is C44H35ClF6N16O6. The van der Waals surface area contributed by atoms with Crippen molar-refractivity contribution in [3.05, 3.63) is 155 Å². The lowest BCUT2D eigenvalue weighted by Gasteiger charge is -2.16. The molecular weight excluding hydrogens is 998 g/mol. The number of carbonyl (C=O) groups is 2. The molecule has 8 heterocycles. The van der Waals surface area contributed by atoms with Gasteiger partial charge in [0.1, 0.15) is 34.4 Å². The number of aromatic nitrogens is 11. The lowest BCUT2D eigenvalue weighted by molar-refractivity contribution is -0.145. The number of pyridine rings is 2. The summed E-state index contributed by atoms with van der Waals surface area (Å²) in [5, 5.41) is 4.36. The average molecular weight is 1030 g/mol. The highest BCUT2D eigenvalue weighted by Gasteiger charge is 2.35. The molecule has 1 aliphatic rings. The zero-order chi connectivity index (χ0) is 53.5. The van der Waals surface area contributed by atoms with Crippen LogP contribution in [-0.4, -0.2) is 76.1 Å². The summed E-state index contributed by atoms with van der Waals surface area (Å²) in [6, 6.07) is 9.84. The summed E-state index contributed by atoms with van der Waals surface area (Å²) in [5.41, 5.74) is -0.307. The van der Waals surface area contributed by atoms with Crippen LogP contribution in [0.2, 0.25) is 0 Å². The minimum absolute atomic E-state index is 0.0759. The van der Waals surface area contributed by atoms with Crippen molar-refractivity contribution in [3.63, 3.8) is 0 Å². The molecule has 1 aliphatic heterocycles. The Morgan fingerprint density at radius 3 is 1.64 bits per heavy atom. The molecule has 73 heavy (non-hydrogen) atoms.